The number of benzene rings is 1. The Morgan fingerprint density at radius 3 is 1.90 bits per heavy atom. The zero-order valence-corrected chi connectivity index (χ0v) is 19.4. The second kappa shape index (κ2) is 12.9. The molecule has 2 nitrogen and oxygen atoms in total. The van der Waals surface area contributed by atoms with Gasteiger partial charge in [-0.2, -0.15) is 0 Å². The first kappa shape index (κ1) is 23.0. The van der Waals surface area contributed by atoms with E-state index in [1.165, 1.54) is 94.6 Å². The Hall–Kier alpha value is -1.70. The lowest BCUT2D eigenvalue weighted by Gasteiger charge is -2.28. The molecule has 1 aliphatic carbocycles. The summed E-state index contributed by atoms with van der Waals surface area (Å²) in [6.07, 6.45) is 23.0. The molecule has 0 bridgehead atoms. The third-order valence-corrected chi connectivity index (χ3v) is 7.01. The van der Waals surface area contributed by atoms with Crippen LogP contribution in [0.2, 0.25) is 0 Å². The van der Waals surface area contributed by atoms with E-state index in [0.29, 0.717) is 0 Å². The summed E-state index contributed by atoms with van der Waals surface area (Å²) in [6, 6.07) is 8.96. The zero-order chi connectivity index (χ0) is 21.0. The molecule has 0 spiro atoms. The fourth-order valence-corrected chi connectivity index (χ4v) is 4.90. The summed E-state index contributed by atoms with van der Waals surface area (Å²) in [6.45, 7) is 4.55. The smallest absolute Gasteiger partial charge is 0.159 e. The van der Waals surface area contributed by atoms with Gasteiger partial charge in [0.05, 0.1) is 0 Å². The normalized spacial score (nSPS) is 19.1. The largest absolute Gasteiger partial charge is 0.236 e. The fraction of sp³-hybridized carbons (Fsp3) is 0.643. The molecule has 164 valence electrons. The van der Waals surface area contributed by atoms with Crippen LogP contribution in [0.15, 0.2) is 36.7 Å². The molecule has 0 N–H and O–H groups in total. The molecule has 1 saturated carbocycles. The highest BCUT2D eigenvalue weighted by molar-refractivity contribution is 5.55. The molecule has 0 aliphatic heterocycles. The predicted molar refractivity (Wildman–Crippen MR) is 129 cm³/mol. The van der Waals surface area contributed by atoms with Crippen LogP contribution in [-0.2, 0) is 12.8 Å². The molecule has 1 aromatic heterocycles. The number of hydrogen-bond acceptors (Lipinski definition) is 2. The van der Waals surface area contributed by atoms with Gasteiger partial charge in [-0.25, -0.2) is 9.97 Å². The second-order valence-corrected chi connectivity index (χ2v) is 9.49. The molecule has 0 radical (unpaired) electrons. The Labute approximate surface area is 184 Å². The Morgan fingerprint density at radius 2 is 1.27 bits per heavy atom. The molecule has 2 heteroatoms. The van der Waals surface area contributed by atoms with Gasteiger partial charge in [-0.3, -0.25) is 0 Å². The number of hydrogen-bond donors (Lipinski definition) is 0. The minimum atomic E-state index is 0.849. The first-order valence-corrected chi connectivity index (χ1v) is 12.7. The van der Waals surface area contributed by atoms with Crippen molar-refractivity contribution < 1.29 is 0 Å². The maximum atomic E-state index is 4.60. The minimum Gasteiger partial charge on any atom is -0.236 e. The Kier molecular flexibility index (Phi) is 9.86. The van der Waals surface area contributed by atoms with Gasteiger partial charge in [0.1, 0.15) is 0 Å². The molecule has 0 saturated heterocycles. The van der Waals surface area contributed by atoms with Gasteiger partial charge in [0, 0.05) is 18.0 Å². The Bertz CT molecular complexity index is 696. The van der Waals surface area contributed by atoms with Gasteiger partial charge in [0.15, 0.2) is 5.82 Å². The maximum Gasteiger partial charge on any atom is 0.159 e. The van der Waals surface area contributed by atoms with Gasteiger partial charge in [0.2, 0.25) is 0 Å². The maximum absolute atomic E-state index is 4.60. The third-order valence-electron chi connectivity index (χ3n) is 7.01. The van der Waals surface area contributed by atoms with Crippen LogP contribution in [0.25, 0.3) is 11.4 Å². The number of unbranched alkanes of at least 4 members (excludes halogenated alkanes) is 4. The third kappa shape index (κ3) is 7.52. The minimum absolute atomic E-state index is 0.849. The average Bonchev–Trinajstić information content (AvgIpc) is 2.80. The van der Waals surface area contributed by atoms with Crippen molar-refractivity contribution in [2.75, 3.05) is 0 Å². The molecule has 2 aromatic rings. The highest BCUT2D eigenvalue weighted by Crippen LogP contribution is 2.34. The van der Waals surface area contributed by atoms with Crippen LogP contribution in [0.1, 0.15) is 102 Å². The summed E-state index contributed by atoms with van der Waals surface area (Å²) in [5, 5.41) is 0. The van der Waals surface area contributed by atoms with Crippen LogP contribution in [-0.4, -0.2) is 9.97 Å². The monoisotopic (exact) mass is 406 g/mol. The van der Waals surface area contributed by atoms with Gasteiger partial charge in [-0.1, -0.05) is 102 Å². The number of nitrogens with zero attached hydrogens (tertiary/aromatic N) is 2. The van der Waals surface area contributed by atoms with E-state index < -0.39 is 0 Å². The summed E-state index contributed by atoms with van der Waals surface area (Å²) in [7, 11) is 0. The van der Waals surface area contributed by atoms with E-state index in [0.717, 1.165) is 29.6 Å². The van der Waals surface area contributed by atoms with Crippen LogP contribution < -0.4 is 0 Å². The average molecular weight is 407 g/mol. The number of rotatable bonds is 12. The second-order valence-electron chi connectivity index (χ2n) is 9.49. The Morgan fingerprint density at radius 1 is 0.667 bits per heavy atom. The molecule has 1 fully saturated rings. The summed E-state index contributed by atoms with van der Waals surface area (Å²) < 4.78 is 0. The van der Waals surface area contributed by atoms with Crippen molar-refractivity contribution in [2.45, 2.75) is 104 Å². The van der Waals surface area contributed by atoms with Crippen molar-refractivity contribution in [1.29, 1.82) is 0 Å². The summed E-state index contributed by atoms with van der Waals surface area (Å²) in [5.41, 5.74) is 3.84. The Balaban J connectivity index is 1.41. The van der Waals surface area contributed by atoms with E-state index in [9.17, 15) is 0 Å². The summed E-state index contributed by atoms with van der Waals surface area (Å²) in [5.74, 6) is 2.81. The lowest BCUT2D eigenvalue weighted by atomic mass is 9.78. The van der Waals surface area contributed by atoms with Crippen molar-refractivity contribution in [3.05, 3.63) is 47.8 Å². The molecular formula is C28H42N2. The van der Waals surface area contributed by atoms with Crippen molar-refractivity contribution in [1.82, 2.24) is 9.97 Å². The topological polar surface area (TPSA) is 25.8 Å². The number of aryl methyl sites for hydroxylation is 2. The van der Waals surface area contributed by atoms with Crippen LogP contribution in [0.5, 0.6) is 0 Å². The summed E-state index contributed by atoms with van der Waals surface area (Å²) in [4.78, 5) is 9.20. The molecule has 1 heterocycles. The first-order chi connectivity index (χ1) is 14.8. The predicted octanol–water partition coefficient (Wildman–Crippen LogP) is 8.20. The summed E-state index contributed by atoms with van der Waals surface area (Å²) >= 11 is 0. The number of aromatic nitrogens is 2. The lowest BCUT2D eigenvalue weighted by Crippen LogP contribution is -2.15. The van der Waals surface area contributed by atoms with E-state index in [1.54, 1.807) is 0 Å². The van der Waals surface area contributed by atoms with Crippen LogP contribution in [0.4, 0.5) is 0 Å². The molecule has 0 amide bonds. The molecule has 1 aliphatic rings. The highest BCUT2D eigenvalue weighted by atomic mass is 14.9. The van der Waals surface area contributed by atoms with E-state index in [4.69, 9.17) is 0 Å². The van der Waals surface area contributed by atoms with Crippen LogP contribution in [0, 0.1) is 11.8 Å². The quantitative estimate of drug-likeness (QED) is 0.332. The highest BCUT2D eigenvalue weighted by Gasteiger charge is 2.20. The molecule has 0 atom stereocenters. The molecular weight excluding hydrogens is 364 g/mol. The fourth-order valence-electron chi connectivity index (χ4n) is 4.90. The zero-order valence-electron chi connectivity index (χ0n) is 19.4. The van der Waals surface area contributed by atoms with E-state index in [-0.39, 0.29) is 0 Å². The van der Waals surface area contributed by atoms with Crippen molar-refractivity contribution >= 4 is 0 Å². The molecule has 1 aromatic carbocycles. The van der Waals surface area contributed by atoms with Crippen molar-refractivity contribution in [2.24, 2.45) is 11.8 Å². The van der Waals surface area contributed by atoms with E-state index >= 15 is 0 Å². The molecule has 3 rings (SSSR count). The van der Waals surface area contributed by atoms with E-state index in [1.807, 2.05) is 12.4 Å². The van der Waals surface area contributed by atoms with Gasteiger partial charge in [-0.05, 0) is 48.6 Å². The van der Waals surface area contributed by atoms with E-state index in [2.05, 4.69) is 48.1 Å². The van der Waals surface area contributed by atoms with Crippen LogP contribution in [0.3, 0.4) is 0 Å². The van der Waals surface area contributed by atoms with Gasteiger partial charge >= 0.3 is 0 Å². The lowest BCUT2D eigenvalue weighted by molar-refractivity contribution is 0.249. The van der Waals surface area contributed by atoms with Crippen molar-refractivity contribution in [3.8, 4) is 11.4 Å². The van der Waals surface area contributed by atoms with Crippen LogP contribution >= 0.6 is 0 Å². The van der Waals surface area contributed by atoms with Gasteiger partial charge in [-0.15, -0.1) is 0 Å². The first-order valence-electron chi connectivity index (χ1n) is 12.7. The molecule has 0 unspecified atom stereocenters. The SMILES string of the molecule is CCCCCc1cnc(-c2ccc(CC[C@H]3CC[C@H](CCCCC)CC3)cc2)nc1. The van der Waals surface area contributed by atoms with Crippen molar-refractivity contribution in [3.63, 3.8) is 0 Å². The standard InChI is InChI=1S/C28H42N2/c1-3-5-7-9-23-11-13-24(14-12-23)15-16-25-17-19-27(20-18-25)28-29-21-26(22-30-28)10-8-6-4-2/h17-24H,3-16H2,1-2H3/t23-,24-. The van der Waals surface area contributed by atoms with Gasteiger partial charge < -0.3 is 0 Å². The molecule has 30 heavy (non-hydrogen) atoms. The van der Waals surface area contributed by atoms with Gasteiger partial charge in [0.25, 0.3) is 0 Å².